The van der Waals surface area contributed by atoms with Crippen molar-refractivity contribution in [2.45, 2.75) is 13.0 Å². The van der Waals surface area contributed by atoms with Gasteiger partial charge in [0.2, 0.25) is 0 Å². The number of carbonyl (C=O) groups is 1. The second-order valence-electron chi connectivity index (χ2n) is 4.42. The van der Waals surface area contributed by atoms with Crippen molar-refractivity contribution in [3.05, 3.63) is 49.1 Å². The summed E-state index contributed by atoms with van der Waals surface area (Å²) in [6, 6.07) is 9.73. The molecule has 2 rings (SSSR count). The highest BCUT2D eigenvalue weighted by atomic mass is 16.4. The standard InChI is InChI=1S/C10H13NO2.C5H8N2O/c1-11(8-7-10(12)13)9-5-3-2-4-6-9;8-4-3-7-2-1-6-5-7/h2-6H,7-8H2,1H3,(H,12,13);1-2,5,8H,3-4H2. The number of hydrogen-bond donors (Lipinski definition) is 2. The van der Waals surface area contributed by atoms with Crippen LogP contribution in [-0.4, -0.2) is 45.9 Å². The zero-order valence-corrected chi connectivity index (χ0v) is 12.1. The van der Waals surface area contributed by atoms with E-state index in [0.29, 0.717) is 13.1 Å². The summed E-state index contributed by atoms with van der Waals surface area (Å²) in [4.78, 5) is 16.0. The van der Waals surface area contributed by atoms with Crippen LogP contribution in [0.15, 0.2) is 49.1 Å². The first-order chi connectivity index (χ1) is 10.1. The average molecular weight is 291 g/mol. The van der Waals surface area contributed by atoms with Gasteiger partial charge in [0.15, 0.2) is 0 Å². The summed E-state index contributed by atoms with van der Waals surface area (Å²) >= 11 is 0. The fraction of sp³-hybridized carbons (Fsp3) is 0.333. The van der Waals surface area contributed by atoms with Crippen molar-refractivity contribution in [1.82, 2.24) is 9.55 Å². The van der Waals surface area contributed by atoms with Gasteiger partial charge in [-0.05, 0) is 12.1 Å². The van der Waals surface area contributed by atoms with Crippen LogP contribution in [0, 0.1) is 0 Å². The van der Waals surface area contributed by atoms with E-state index in [2.05, 4.69) is 4.98 Å². The summed E-state index contributed by atoms with van der Waals surface area (Å²) in [7, 11) is 1.89. The molecule has 0 aliphatic carbocycles. The molecule has 2 aromatic rings. The fourth-order valence-corrected chi connectivity index (χ4v) is 1.61. The molecular formula is C15H21N3O3. The Hall–Kier alpha value is -2.34. The predicted molar refractivity (Wildman–Crippen MR) is 81.3 cm³/mol. The van der Waals surface area contributed by atoms with Gasteiger partial charge in [0.1, 0.15) is 0 Å². The van der Waals surface area contributed by atoms with Crippen LogP contribution in [0.3, 0.4) is 0 Å². The minimum atomic E-state index is -0.761. The fourth-order valence-electron chi connectivity index (χ4n) is 1.61. The number of para-hydroxylation sites is 1. The average Bonchev–Trinajstić information content (AvgIpc) is 3.00. The van der Waals surface area contributed by atoms with Crippen LogP contribution in [0.4, 0.5) is 5.69 Å². The van der Waals surface area contributed by atoms with E-state index in [4.69, 9.17) is 10.2 Å². The number of hydrogen-bond acceptors (Lipinski definition) is 4. The summed E-state index contributed by atoms with van der Waals surface area (Å²) in [5.74, 6) is -0.761. The zero-order valence-electron chi connectivity index (χ0n) is 12.1. The maximum atomic E-state index is 10.3. The lowest BCUT2D eigenvalue weighted by molar-refractivity contribution is -0.136. The summed E-state index contributed by atoms with van der Waals surface area (Å²) in [6.45, 7) is 1.36. The molecule has 2 N–H and O–H groups in total. The highest BCUT2D eigenvalue weighted by Gasteiger charge is 2.02. The molecule has 0 fully saturated rings. The quantitative estimate of drug-likeness (QED) is 0.842. The Bertz CT molecular complexity index is 500. The number of aromatic nitrogens is 2. The Morgan fingerprint density at radius 3 is 2.57 bits per heavy atom. The molecule has 0 bridgehead atoms. The number of carboxylic acids is 1. The first kappa shape index (κ1) is 16.7. The number of aliphatic hydroxyl groups excluding tert-OH is 1. The van der Waals surface area contributed by atoms with E-state index >= 15 is 0 Å². The summed E-state index contributed by atoms with van der Waals surface area (Å²) in [6.07, 6.45) is 5.35. The molecular weight excluding hydrogens is 270 g/mol. The van der Waals surface area contributed by atoms with E-state index in [9.17, 15) is 4.79 Å². The first-order valence-electron chi connectivity index (χ1n) is 6.68. The van der Waals surface area contributed by atoms with Crippen LogP contribution in [0.25, 0.3) is 0 Å². The van der Waals surface area contributed by atoms with E-state index < -0.39 is 5.97 Å². The molecule has 6 nitrogen and oxygen atoms in total. The van der Waals surface area contributed by atoms with E-state index in [0.717, 1.165) is 5.69 Å². The normalized spacial score (nSPS) is 9.62. The second kappa shape index (κ2) is 9.55. The molecule has 0 atom stereocenters. The Labute approximate surface area is 124 Å². The van der Waals surface area contributed by atoms with Crippen molar-refractivity contribution >= 4 is 11.7 Å². The van der Waals surface area contributed by atoms with Gasteiger partial charge in [0, 0.05) is 38.2 Å². The predicted octanol–water partition coefficient (Wildman–Crippen LogP) is 1.47. The molecule has 21 heavy (non-hydrogen) atoms. The van der Waals surface area contributed by atoms with E-state index in [1.54, 1.807) is 12.5 Å². The molecule has 6 heteroatoms. The molecule has 1 aromatic carbocycles. The van der Waals surface area contributed by atoms with Crippen molar-refractivity contribution in [2.24, 2.45) is 0 Å². The molecule has 0 aliphatic rings. The van der Waals surface area contributed by atoms with Crippen LogP contribution in [0.1, 0.15) is 6.42 Å². The van der Waals surface area contributed by atoms with Gasteiger partial charge in [-0.2, -0.15) is 0 Å². The highest BCUT2D eigenvalue weighted by Crippen LogP contribution is 2.10. The number of nitrogens with zero attached hydrogens (tertiary/aromatic N) is 3. The highest BCUT2D eigenvalue weighted by molar-refractivity contribution is 5.67. The van der Waals surface area contributed by atoms with Gasteiger partial charge in [0.05, 0.1) is 19.4 Å². The van der Waals surface area contributed by atoms with Crippen molar-refractivity contribution in [3.8, 4) is 0 Å². The molecule has 0 spiro atoms. The van der Waals surface area contributed by atoms with Gasteiger partial charge < -0.3 is 19.7 Å². The lowest BCUT2D eigenvalue weighted by Gasteiger charge is -2.17. The van der Waals surface area contributed by atoms with Gasteiger partial charge in [-0.1, -0.05) is 18.2 Å². The minimum Gasteiger partial charge on any atom is -0.481 e. The largest absolute Gasteiger partial charge is 0.481 e. The number of aliphatic hydroxyl groups is 1. The third kappa shape index (κ3) is 7.12. The zero-order chi connectivity index (χ0) is 15.5. The molecule has 1 heterocycles. The molecule has 0 aliphatic heterocycles. The summed E-state index contributed by atoms with van der Waals surface area (Å²) in [5.41, 5.74) is 1.05. The van der Waals surface area contributed by atoms with E-state index in [-0.39, 0.29) is 13.0 Å². The SMILES string of the molecule is CN(CCC(=O)O)c1ccccc1.OCCn1ccnc1. The van der Waals surface area contributed by atoms with Crippen molar-refractivity contribution in [1.29, 1.82) is 0 Å². The number of aliphatic carboxylic acids is 1. The number of benzene rings is 1. The minimum absolute atomic E-state index is 0.172. The topological polar surface area (TPSA) is 78.6 Å². The van der Waals surface area contributed by atoms with Gasteiger partial charge in [0.25, 0.3) is 0 Å². The number of imidazole rings is 1. The monoisotopic (exact) mass is 291 g/mol. The molecule has 1 aromatic heterocycles. The maximum Gasteiger partial charge on any atom is 0.305 e. The summed E-state index contributed by atoms with van der Waals surface area (Å²) < 4.78 is 1.82. The molecule has 0 amide bonds. The lowest BCUT2D eigenvalue weighted by atomic mass is 10.3. The molecule has 0 saturated carbocycles. The van der Waals surface area contributed by atoms with Crippen molar-refractivity contribution in [3.63, 3.8) is 0 Å². The lowest BCUT2D eigenvalue weighted by Crippen LogP contribution is -2.20. The van der Waals surface area contributed by atoms with Gasteiger partial charge >= 0.3 is 5.97 Å². The summed E-state index contributed by atoms with van der Waals surface area (Å²) in [5, 5.41) is 16.9. The van der Waals surface area contributed by atoms with Crippen LogP contribution in [0.5, 0.6) is 0 Å². The van der Waals surface area contributed by atoms with Crippen LogP contribution >= 0.6 is 0 Å². The van der Waals surface area contributed by atoms with Gasteiger partial charge in [-0.25, -0.2) is 4.98 Å². The van der Waals surface area contributed by atoms with Gasteiger partial charge in [-0.15, -0.1) is 0 Å². The third-order valence-corrected chi connectivity index (χ3v) is 2.78. The number of anilines is 1. The Balaban J connectivity index is 0.000000235. The van der Waals surface area contributed by atoms with Crippen LogP contribution < -0.4 is 4.90 Å². The third-order valence-electron chi connectivity index (χ3n) is 2.78. The maximum absolute atomic E-state index is 10.3. The first-order valence-corrected chi connectivity index (χ1v) is 6.68. The Morgan fingerprint density at radius 2 is 2.05 bits per heavy atom. The Morgan fingerprint density at radius 1 is 1.33 bits per heavy atom. The smallest absolute Gasteiger partial charge is 0.305 e. The van der Waals surface area contributed by atoms with Crippen molar-refractivity contribution < 1.29 is 15.0 Å². The second-order valence-corrected chi connectivity index (χ2v) is 4.42. The molecule has 0 unspecified atom stereocenters. The van der Waals surface area contributed by atoms with Crippen LogP contribution in [-0.2, 0) is 11.3 Å². The number of carboxylic acid groups (broad SMARTS) is 1. The molecule has 0 saturated heterocycles. The molecule has 114 valence electrons. The van der Waals surface area contributed by atoms with Crippen LogP contribution in [0.2, 0.25) is 0 Å². The molecule has 0 radical (unpaired) electrons. The van der Waals surface area contributed by atoms with Gasteiger partial charge in [-0.3, -0.25) is 4.79 Å². The number of rotatable bonds is 6. The van der Waals surface area contributed by atoms with E-state index in [1.807, 2.05) is 53.0 Å². The van der Waals surface area contributed by atoms with Crippen molar-refractivity contribution in [2.75, 3.05) is 25.1 Å². The Kier molecular flexibility index (Phi) is 7.60. The van der Waals surface area contributed by atoms with E-state index in [1.165, 1.54) is 0 Å².